The zero-order valence-electron chi connectivity index (χ0n) is 23.7. The van der Waals surface area contributed by atoms with Crippen molar-refractivity contribution in [2.45, 2.75) is 46.7 Å². The molecule has 0 aromatic heterocycles. The first-order chi connectivity index (χ1) is 18.8. The van der Waals surface area contributed by atoms with E-state index in [1.807, 2.05) is 94.4 Å². The molecule has 0 aliphatic heterocycles. The minimum atomic E-state index is -3.81. The molecule has 0 aliphatic rings. The van der Waals surface area contributed by atoms with Gasteiger partial charge in [0.05, 0.1) is 11.9 Å². The minimum Gasteiger partial charge on any atom is -0.354 e. The van der Waals surface area contributed by atoms with E-state index in [0.717, 1.165) is 37.3 Å². The molecular weight excluding hydrogens is 590 g/mol. The van der Waals surface area contributed by atoms with E-state index in [1.165, 1.54) is 4.90 Å². The summed E-state index contributed by atoms with van der Waals surface area (Å²) < 4.78 is 28.0. The van der Waals surface area contributed by atoms with Crippen molar-refractivity contribution in [2.75, 3.05) is 23.7 Å². The fraction of sp³-hybridized carbons (Fsp3) is 0.355. The van der Waals surface area contributed by atoms with Crippen molar-refractivity contribution < 1.29 is 18.0 Å². The standard InChI is InChI=1S/C31H38BrN3O4S/c1-22(2)19-33-31(37)29(18-25-9-7-6-8-10-25)34(20-26-13-15-27(32)16-14-26)30(36)21-35(40(5,38)39)28-17-23(3)11-12-24(28)4/h6-17,22,29H,18-21H2,1-5H3,(H,33,37). The van der Waals surface area contributed by atoms with E-state index < -0.39 is 28.5 Å². The Kier molecular flexibility index (Phi) is 10.9. The fourth-order valence-electron chi connectivity index (χ4n) is 4.35. The average Bonchev–Trinajstić information content (AvgIpc) is 2.90. The number of carbonyl (C=O) groups is 2. The molecule has 3 aromatic rings. The number of nitrogens with one attached hydrogen (secondary N) is 1. The van der Waals surface area contributed by atoms with Crippen molar-refractivity contribution in [3.8, 4) is 0 Å². The Labute approximate surface area is 246 Å². The van der Waals surface area contributed by atoms with Crippen molar-refractivity contribution >= 4 is 43.5 Å². The Morgan fingerprint density at radius 1 is 0.925 bits per heavy atom. The summed E-state index contributed by atoms with van der Waals surface area (Å²) in [6.45, 7) is 7.87. The number of halogens is 1. The van der Waals surface area contributed by atoms with Gasteiger partial charge in [-0.3, -0.25) is 13.9 Å². The highest BCUT2D eigenvalue weighted by molar-refractivity contribution is 9.10. The van der Waals surface area contributed by atoms with E-state index in [4.69, 9.17) is 0 Å². The molecule has 0 fully saturated rings. The molecule has 0 radical (unpaired) electrons. The predicted molar refractivity (Wildman–Crippen MR) is 165 cm³/mol. The molecule has 0 bridgehead atoms. The van der Waals surface area contributed by atoms with Crippen LogP contribution < -0.4 is 9.62 Å². The molecule has 0 heterocycles. The summed E-state index contributed by atoms with van der Waals surface area (Å²) >= 11 is 3.45. The summed E-state index contributed by atoms with van der Waals surface area (Å²) in [5.74, 6) is -0.516. The van der Waals surface area contributed by atoms with Gasteiger partial charge in [0.15, 0.2) is 0 Å². The fourth-order valence-corrected chi connectivity index (χ4v) is 5.51. The number of benzene rings is 3. The van der Waals surface area contributed by atoms with Gasteiger partial charge >= 0.3 is 0 Å². The molecule has 7 nitrogen and oxygen atoms in total. The van der Waals surface area contributed by atoms with Crippen LogP contribution in [-0.4, -0.2) is 50.5 Å². The lowest BCUT2D eigenvalue weighted by Gasteiger charge is -2.34. The molecule has 1 N–H and O–H groups in total. The Hall–Kier alpha value is -3.17. The summed E-state index contributed by atoms with van der Waals surface area (Å²) in [6, 6.07) is 21.7. The van der Waals surface area contributed by atoms with Crippen molar-refractivity contribution in [1.29, 1.82) is 0 Å². The highest BCUT2D eigenvalue weighted by Gasteiger charge is 2.33. The lowest BCUT2D eigenvalue weighted by atomic mass is 10.0. The molecule has 2 amide bonds. The van der Waals surface area contributed by atoms with Gasteiger partial charge in [-0.05, 0) is 60.2 Å². The van der Waals surface area contributed by atoms with Crippen LogP contribution in [-0.2, 0) is 32.6 Å². The second-order valence-corrected chi connectivity index (χ2v) is 13.4. The van der Waals surface area contributed by atoms with E-state index in [2.05, 4.69) is 21.2 Å². The first-order valence-electron chi connectivity index (χ1n) is 13.3. The van der Waals surface area contributed by atoms with Gasteiger partial charge in [-0.25, -0.2) is 8.42 Å². The van der Waals surface area contributed by atoms with Crippen LogP contribution >= 0.6 is 15.9 Å². The molecule has 3 aromatic carbocycles. The summed E-state index contributed by atoms with van der Waals surface area (Å²) in [5.41, 5.74) is 3.78. The maximum atomic E-state index is 14.1. The third-order valence-electron chi connectivity index (χ3n) is 6.53. The molecule has 9 heteroatoms. The smallest absolute Gasteiger partial charge is 0.244 e. The largest absolute Gasteiger partial charge is 0.354 e. The number of nitrogens with zero attached hydrogens (tertiary/aromatic N) is 2. The van der Waals surface area contributed by atoms with Gasteiger partial charge in [0, 0.05) is 24.0 Å². The van der Waals surface area contributed by atoms with Gasteiger partial charge < -0.3 is 10.2 Å². The first kappa shape index (κ1) is 31.4. The monoisotopic (exact) mass is 627 g/mol. The van der Waals surface area contributed by atoms with Crippen LogP contribution in [0.15, 0.2) is 77.3 Å². The summed E-state index contributed by atoms with van der Waals surface area (Å²) in [7, 11) is -3.81. The van der Waals surface area contributed by atoms with Gasteiger partial charge in [-0.2, -0.15) is 0 Å². The van der Waals surface area contributed by atoms with Crippen LogP contribution in [0.5, 0.6) is 0 Å². The lowest BCUT2D eigenvalue weighted by molar-refractivity contribution is -0.140. The minimum absolute atomic E-state index is 0.142. The van der Waals surface area contributed by atoms with Crippen LogP contribution in [0, 0.1) is 19.8 Å². The predicted octanol–water partition coefficient (Wildman–Crippen LogP) is 5.24. The third kappa shape index (κ3) is 8.93. The summed E-state index contributed by atoms with van der Waals surface area (Å²) in [5, 5.41) is 2.99. The molecule has 0 spiro atoms. The van der Waals surface area contributed by atoms with Crippen molar-refractivity contribution in [3.63, 3.8) is 0 Å². The Balaban J connectivity index is 2.06. The van der Waals surface area contributed by atoms with Gasteiger partial charge in [0.1, 0.15) is 12.6 Å². The Morgan fingerprint density at radius 2 is 1.57 bits per heavy atom. The second-order valence-electron chi connectivity index (χ2n) is 10.6. The Bertz CT molecular complexity index is 1410. The Morgan fingerprint density at radius 3 is 2.17 bits per heavy atom. The first-order valence-corrected chi connectivity index (χ1v) is 15.9. The molecule has 3 rings (SSSR count). The topological polar surface area (TPSA) is 86.8 Å². The van der Waals surface area contributed by atoms with Gasteiger partial charge in [0.2, 0.25) is 21.8 Å². The maximum Gasteiger partial charge on any atom is 0.244 e. The molecule has 0 saturated carbocycles. The van der Waals surface area contributed by atoms with Crippen LogP contribution in [0.4, 0.5) is 5.69 Å². The van der Waals surface area contributed by atoms with Crippen molar-refractivity contribution in [3.05, 3.63) is 99.5 Å². The highest BCUT2D eigenvalue weighted by atomic mass is 79.9. The number of hydrogen-bond donors (Lipinski definition) is 1. The van der Waals surface area contributed by atoms with Crippen LogP contribution in [0.3, 0.4) is 0 Å². The third-order valence-corrected chi connectivity index (χ3v) is 8.19. The lowest BCUT2D eigenvalue weighted by Crippen LogP contribution is -2.53. The van der Waals surface area contributed by atoms with Gasteiger partial charge in [-0.1, -0.05) is 84.4 Å². The zero-order valence-corrected chi connectivity index (χ0v) is 26.1. The zero-order chi connectivity index (χ0) is 29.4. The van der Waals surface area contributed by atoms with E-state index in [0.29, 0.717) is 12.2 Å². The van der Waals surface area contributed by atoms with Crippen molar-refractivity contribution in [1.82, 2.24) is 10.2 Å². The maximum absolute atomic E-state index is 14.1. The quantitative estimate of drug-likeness (QED) is 0.297. The molecular formula is C31H38BrN3O4S. The number of anilines is 1. The summed E-state index contributed by atoms with van der Waals surface area (Å²) in [4.78, 5) is 29.3. The molecule has 0 aliphatic carbocycles. The molecule has 1 atom stereocenters. The van der Waals surface area contributed by atoms with Crippen LogP contribution in [0.1, 0.15) is 36.1 Å². The van der Waals surface area contributed by atoms with E-state index in [-0.39, 0.29) is 24.8 Å². The molecule has 40 heavy (non-hydrogen) atoms. The number of hydrogen-bond acceptors (Lipinski definition) is 4. The SMILES string of the molecule is Cc1ccc(C)c(N(CC(=O)N(Cc2ccc(Br)cc2)C(Cc2ccccc2)C(=O)NCC(C)C)S(C)(=O)=O)c1. The number of sulfonamides is 1. The molecule has 214 valence electrons. The van der Waals surface area contributed by atoms with E-state index >= 15 is 0 Å². The normalized spacial score (nSPS) is 12.2. The van der Waals surface area contributed by atoms with E-state index in [9.17, 15) is 18.0 Å². The summed E-state index contributed by atoms with van der Waals surface area (Å²) in [6.07, 6.45) is 1.38. The number of aryl methyl sites for hydroxylation is 2. The van der Waals surface area contributed by atoms with Crippen LogP contribution in [0.2, 0.25) is 0 Å². The van der Waals surface area contributed by atoms with Gasteiger partial charge in [-0.15, -0.1) is 0 Å². The number of carbonyl (C=O) groups excluding carboxylic acids is 2. The highest BCUT2D eigenvalue weighted by Crippen LogP contribution is 2.25. The molecule has 0 saturated heterocycles. The molecule has 1 unspecified atom stereocenters. The second kappa shape index (κ2) is 13.9. The van der Waals surface area contributed by atoms with Crippen molar-refractivity contribution in [2.24, 2.45) is 5.92 Å². The van der Waals surface area contributed by atoms with E-state index in [1.54, 1.807) is 6.07 Å². The average molecular weight is 629 g/mol. The number of amides is 2. The number of rotatable bonds is 12. The van der Waals surface area contributed by atoms with Gasteiger partial charge in [0.25, 0.3) is 0 Å². The van der Waals surface area contributed by atoms with Crippen LogP contribution in [0.25, 0.3) is 0 Å².